The largest absolute Gasteiger partial charge is 0.495 e. The summed E-state index contributed by atoms with van der Waals surface area (Å²) in [4.78, 5) is 14.6. The molecule has 2 N–H and O–H groups in total. The standard InChI is InChI=1S/C16H20N2O2/c1-20-14-6-2-4-11-5-3-9-18(15(11)14)16(19)12-7-8-13(17)10-12/h2,4,6-8,12-13H,3,5,9-10,17H2,1H3. The van der Waals surface area contributed by atoms with E-state index in [0.717, 1.165) is 30.8 Å². The number of nitrogens with zero attached hydrogens (tertiary/aromatic N) is 1. The van der Waals surface area contributed by atoms with Gasteiger partial charge in [0.1, 0.15) is 5.75 Å². The summed E-state index contributed by atoms with van der Waals surface area (Å²) in [5, 5.41) is 0. The summed E-state index contributed by atoms with van der Waals surface area (Å²) in [6.07, 6.45) is 6.57. The number of para-hydroxylation sites is 1. The predicted octanol–water partition coefficient (Wildman–Crippen LogP) is 1.88. The minimum Gasteiger partial charge on any atom is -0.495 e. The number of amides is 1. The Morgan fingerprint density at radius 3 is 2.95 bits per heavy atom. The van der Waals surface area contributed by atoms with Gasteiger partial charge in [0, 0.05) is 12.6 Å². The normalized spacial score (nSPS) is 24.6. The number of carbonyl (C=O) groups is 1. The molecule has 4 nitrogen and oxygen atoms in total. The lowest BCUT2D eigenvalue weighted by Crippen LogP contribution is -2.39. The van der Waals surface area contributed by atoms with Crippen LogP contribution in [0.25, 0.3) is 0 Å². The highest BCUT2D eigenvalue weighted by atomic mass is 16.5. The number of benzene rings is 1. The molecule has 106 valence electrons. The van der Waals surface area contributed by atoms with Gasteiger partial charge in [0.15, 0.2) is 0 Å². The van der Waals surface area contributed by atoms with Gasteiger partial charge in [-0.05, 0) is 30.9 Å². The summed E-state index contributed by atoms with van der Waals surface area (Å²) >= 11 is 0. The number of hydrogen-bond acceptors (Lipinski definition) is 3. The van der Waals surface area contributed by atoms with E-state index in [-0.39, 0.29) is 17.9 Å². The quantitative estimate of drug-likeness (QED) is 0.836. The topological polar surface area (TPSA) is 55.6 Å². The molecule has 0 bridgehead atoms. The molecule has 0 saturated heterocycles. The minimum atomic E-state index is -0.0964. The lowest BCUT2D eigenvalue weighted by Gasteiger charge is -2.32. The van der Waals surface area contributed by atoms with Crippen molar-refractivity contribution in [3.63, 3.8) is 0 Å². The molecule has 1 aromatic carbocycles. The fourth-order valence-corrected chi connectivity index (χ4v) is 3.11. The Balaban J connectivity index is 1.93. The van der Waals surface area contributed by atoms with Crippen molar-refractivity contribution in [1.29, 1.82) is 0 Å². The van der Waals surface area contributed by atoms with Crippen molar-refractivity contribution in [2.24, 2.45) is 11.7 Å². The van der Waals surface area contributed by atoms with Crippen molar-refractivity contribution >= 4 is 11.6 Å². The van der Waals surface area contributed by atoms with Crippen LogP contribution in [0.15, 0.2) is 30.4 Å². The van der Waals surface area contributed by atoms with E-state index in [9.17, 15) is 4.79 Å². The van der Waals surface area contributed by atoms with Crippen LogP contribution in [0.5, 0.6) is 5.75 Å². The van der Waals surface area contributed by atoms with Gasteiger partial charge in [0.05, 0.1) is 18.7 Å². The molecule has 0 spiro atoms. The summed E-state index contributed by atoms with van der Waals surface area (Å²) < 4.78 is 5.44. The van der Waals surface area contributed by atoms with Crippen molar-refractivity contribution in [3.8, 4) is 5.75 Å². The maximum atomic E-state index is 12.7. The van der Waals surface area contributed by atoms with E-state index in [4.69, 9.17) is 10.5 Å². The number of carbonyl (C=O) groups excluding carboxylic acids is 1. The first-order valence-corrected chi connectivity index (χ1v) is 7.12. The molecule has 0 saturated carbocycles. The smallest absolute Gasteiger partial charge is 0.234 e. The molecule has 2 unspecified atom stereocenters. The zero-order valence-corrected chi connectivity index (χ0v) is 11.7. The van der Waals surface area contributed by atoms with Crippen molar-refractivity contribution in [3.05, 3.63) is 35.9 Å². The van der Waals surface area contributed by atoms with Crippen LogP contribution in [-0.4, -0.2) is 25.6 Å². The molecule has 1 aliphatic heterocycles. The monoisotopic (exact) mass is 272 g/mol. The molecule has 4 heteroatoms. The van der Waals surface area contributed by atoms with Crippen LogP contribution < -0.4 is 15.4 Å². The number of fused-ring (bicyclic) bond motifs is 1. The van der Waals surface area contributed by atoms with Crippen molar-refractivity contribution in [2.45, 2.75) is 25.3 Å². The molecule has 1 aliphatic carbocycles. The highest BCUT2D eigenvalue weighted by molar-refractivity contribution is 5.99. The molecule has 0 aromatic heterocycles. The van der Waals surface area contributed by atoms with Gasteiger partial charge >= 0.3 is 0 Å². The summed E-state index contributed by atoms with van der Waals surface area (Å²) in [7, 11) is 1.65. The first-order valence-electron chi connectivity index (χ1n) is 7.12. The third-order valence-electron chi connectivity index (χ3n) is 4.10. The first kappa shape index (κ1) is 13.2. The second kappa shape index (κ2) is 5.29. The molecular formula is C16H20N2O2. The van der Waals surface area contributed by atoms with E-state index in [2.05, 4.69) is 6.07 Å². The highest BCUT2D eigenvalue weighted by Gasteiger charge is 2.32. The van der Waals surface area contributed by atoms with Gasteiger partial charge in [0.2, 0.25) is 5.91 Å². The molecule has 0 fully saturated rings. The van der Waals surface area contributed by atoms with E-state index in [1.807, 2.05) is 29.2 Å². The molecule has 1 amide bonds. The Kier molecular flexibility index (Phi) is 3.49. The Labute approximate surface area is 119 Å². The zero-order chi connectivity index (χ0) is 14.1. The van der Waals surface area contributed by atoms with Crippen molar-refractivity contribution in [1.82, 2.24) is 0 Å². The maximum Gasteiger partial charge on any atom is 0.234 e. The number of ether oxygens (including phenoxy) is 1. The van der Waals surface area contributed by atoms with E-state index in [1.54, 1.807) is 7.11 Å². The van der Waals surface area contributed by atoms with E-state index < -0.39 is 0 Å². The van der Waals surface area contributed by atoms with Crippen molar-refractivity contribution in [2.75, 3.05) is 18.6 Å². The van der Waals surface area contributed by atoms with Gasteiger partial charge in [-0.1, -0.05) is 24.3 Å². The number of nitrogens with two attached hydrogens (primary N) is 1. The first-order chi connectivity index (χ1) is 9.70. The van der Waals surface area contributed by atoms with Gasteiger partial charge in [-0.3, -0.25) is 4.79 Å². The average Bonchev–Trinajstić information content (AvgIpc) is 2.91. The Morgan fingerprint density at radius 2 is 2.25 bits per heavy atom. The molecule has 0 radical (unpaired) electrons. The van der Waals surface area contributed by atoms with Gasteiger partial charge in [-0.2, -0.15) is 0 Å². The molecule has 1 aromatic rings. The van der Waals surface area contributed by atoms with Crippen LogP contribution in [0.3, 0.4) is 0 Å². The Hall–Kier alpha value is -1.81. The average molecular weight is 272 g/mol. The molecule has 1 heterocycles. The van der Waals surface area contributed by atoms with Gasteiger partial charge < -0.3 is 15.4 Å². The summed E-state index contributed by atoms with van der Waals surface area (Å²) in [6.45, 7) is 0.756. The van der Waals surface area contributed by atoms with Gasteiger partial charge in [-0.15, -0.1) is 0 Å². The zero-order valence-electron chi connectivity index (χ0n) is 11.7. The third kappa shape index (κ3) is 2.20. The van der Waals surface area contributed by atoms with E-state index >= 15 is 0 Å². The fourth-order valence-electron chi connectivity index (χ4n) is 3.11. The van der Waals surface area contributed by atoms with Crippen LogP contribution >= 0.6 is 0 Å². The fraction of sp³-hybridized carbons (Fsp3) is 0.438. The van der Waals surface area contributed by atoms with Crippen LogP contribution in [0, 0.1) is 5.92 Å². The molecule has 3 rings (SSSR count). The lowest BCUT2D eigenvalue weighted by molar-refractivity contribution is -0.121. The SMILES string of the molecule is COc1cccc2c1N(C(=O)C1C=CC(N)C1)CCC2. The Morgan fingerprint density at radius 1 is 1.40 bits per heavy atom. The molecule has 2 atom stereocenters. The predicted molar refractivity (Wildman–Crippen MR) is 78.9 cm³/mol. The molecule has 2 aliphatic rings. The van der Waals surface area contributed by atoms with Crippen molar-refractivity contribution < 1.29 is 9.53 Å². The number of hydrogen-bond donors (Lipinski definition) is 1. The second-order valence-electron chi connectivity index (χ2n) is 5.45. The van der Waals surface area contributed by atoms with E-state index in [0.29, 0.717) is 6.42 Å². The third-order valence-corrected chi connectivity index (χ3v) is 4.10. The summed E-state index contributed by atoms with van der Waals surface area (Å²) in [5.41, 5.74) is 8.00. The van der Waals surface area contributed by atoms with Crippen LogP contribution in [0.2, 0.25) is 0 Å². The maximum absolute atomic E-state index is 12.7. The number of anilines is 1. The second-order valence-corrected chi connectivity index (χ2v) is 5.45. The minimum absolute atomic E-state index is 0.00544. The van der Waals surface area contributed by atoms with E-state index in [1.165, 1.54) is 5.56 Å². The van der Waals surface area contributed by atoms with Crippen LogP contribution in [-0.2, 0) is 11.2 Å². The van der Waals surface area contributed by atoms with Gasteiger partial charge in [0.25, 0.3) is 0 Å². The lowest BCUT2D eigenvalue weighted by atomic mass is 9.98. The Bertz CT molecular complexity index is 539. The highest BCUT2D eigenvalue weighted by Crippen LogP contribution is 2.37. The number of rotatable bonds is 2. The summed E-state index contributed by atoms with van der Waals surface area (Å²) in [6, 6.07) is 5.98. The number of methoxy groups -OCH3 is 1. The summed E-state index contributed by atoms with van der Waals surface area (Å²) in [5.74, 6) is 0.822. The van der Waals surface area contributed by atoms with Crippen LogP contribution in [0.4, 0.5) is 5.69 Å². The van der Waals surface area contributed by atoms with Crippen LogP contribution in [0.1, 0.15) is 18.4 Å². The molecule has 20 heavy (non-hydrogen) atoms. The molecular weight excluding hydrogens is 252 g/mol. The van der Waals surface area contributed by atoms with Gasteiger partial charge in [-0.25, -0.2) is 0 Å². The number of aryl methyl sites for hydroxylation is 1.